The lowest BCUT2D eigenvalue weighted by Crippen LogP contribution is -2.60. The molecule has 2 aliphatic rings. The third-order valence-electron chi connectivity index (χ3n) is 7.90. The van der Waals surface area contributed by atoms with E-state index in [-0.39, 0.29) is 29.3 Å². The average Bonchev–Trinajstić information content (AvgIpc) is 2.86. The minimum absolute atomic E-state index is 0.0594. The fraction of sp³-hybridized carbons (Fsp3) is 0.552. The Labute approximate surface area is 227 Å². The van der Waals surface area contributed by atoms with Gasteiger partial charge in [0.2, 0.25) is 11.8 Å². The van der Waals surface area contributed by atoms with Gasteiger partial charge in [0.1, 0.15) is 7.85 Å². The Balaban J connectivity index is 1.53. The van der Waals surface area contributed by atoms with Gasteiger partial charge in [-0.2, -0.15) is 0 Å². The van der Waals surface area contributed by atoms with Crippen molar-refractivity contribution in [2.75, 3.05) is 32.7 Å². The zero-order chi connectivity index (χ0) is 26.7. The molecule has 1 aromatic carbocycles. The molecule has 2 atom stereocenters. The van der Waals surface area contributed by atoms with Crippen LogP contribution in [0.1, 0.15) is 64.3 Å². The molecule has 3 heterocycles. The number of piperidine rings is 1. The van der Waals surface area contributed by atoms with Gasteiger partial charge in [-0.05, 0) is 47.9 Å². The molecule has 0 saturated carbocycles. The molecule has 4 rings (SSSR count). The van der Waals surface area contributed by atoms with E-state index in [1.807, 2.05) is 29.2 Å². The Hall–Kier alpha value is -2.38. The van der Waals surface area contributed by atoms with E-state index in [1.165, 1.54) is 0 Å². The van der Waals surface area contributed by atoms with Crippen LogP contribution in [0.15, 0.2) is 42.6 Å². The second-order valence-corrected chi connectivity index (χ2v) is 12.0. The Morgan fingerprint density at radius 3 is 2.30 bits per heavy atom. The van der Waals surface area contributed by atoms with Gasteiger partial charge >= 0.3 is 0 Å². The molecule has 2 aromatic rings. The first-order valence-corrected chi connectivity index (χ1v) is 13.7. The second kappa shape index (κ2) is 11.6. The topological polar surface area (TPSA) is 56.8 Å². The molecule has 2 amide bonds. The highest BCUT2D eigenvalue weighted by atomic mass is 35.5. The van der Waals surface area contributed by atoms with Gasteiger partial charge in [-0.15, -0.1) is 0 Å². The van der Waals surface area contributed by atoms with Gasteiger partial charge < -0.3 is 9.80 Å². The number of carbonyl (C=O) groups excluding carboxylic acids is 2. The molecule has 37 heavy (non-hydrogen) atoms. The van der Waals surface area contributed by atoms with Crippen molar-refractivity contribution >= 4 is 36.7 Å². The van der Waals surface area contributed by atoms with Crippen LogP contribution in [-0.4, -0.2) is 78.1 Å². The largest absolute Gasteiger partial charge is 0.343 e. The van der Waals surface area contributed by atoms with E-state index in [0.29, 0.717) is 29.4 Å². The van der Waals surface area contributed by atoms with Crippen molar-refractivity contribution in [3.63, 3.8) is 0 Å². The molecule has 8 heteroatoms. The molecular weight excluding hydrogens is 483 g/mol. The van der Waals surface area contributed by atoms with Crippen LogP contribution in [0.5, 0.6) is 0 Å². The Bertz CT molecular complexity index is 1030. The molecule has 2 fully saturated rings. The number of likely N-dealkylation sites (tertiary alicyclic amines) is 1. The predicted molar refractivity (Wildman–Crippen MR) is 149 cm³/mol. The predicted octanol–water partition coefficient (Wildman–Crippen LogP) is 3.83. The van der Waals surface area contributed by atoms with Gasteiger partial charge in [-0.1, -0.05) is 56.0 Å². The lowest BCUT2D eigenvalue weighted by atomic mass is 9.82. The molecule has 2 aliphatic heterocycles. The van der Waals surface area contributed by atoms with Gasteiger partial charge in [0, 0.05) is 63.3 Å². The standard InChI is InChI=1S/C29H38BClN4O2/c1-20(36)33-13-11-21(12-14-33)17-27(37)35-16-15-34(19-26(35)29(2,3)4)28(22-5-8-24(31)9-6-22)25-10-7-23(30)18-32-25/h5-10,18,21,26,28H,11-17,19H2,1-4H3/t26-,28?/m1/s1. The molecule has 2 saturated heterocycles. The summed E-state index contributed by atoms with van der Waals surface area (Å²) in [6.45, 7) is 11.9. The first kappa shape index (κ1) is 27.7. The molecular formula is C29H38BClN4O2. The van der Waals surface area contributed by atoms with Crippen LogP contribution >= 0.6 is 11.6 Å². The molecule has 1 unspecified atom stereocenters. The maximum Gasteiger partial charge on any atom is 0.223 e. The number of hydrogen-bond acceptors (Lipinski definition) is 4. The zero-order valence-electron chi connectivity index (χ0n) is 22.5. The van der Waals surface area contributed by atoms with Crippen LogP contribution < -0.4 is 5.46 Å². The van der Waals surface area contributed by atoms with E-state index in [9.17, 15) is 9.59 Å². The van der Waals surface area contributed by atoms with Gasteiger partial charge in [0.25, 0.3) is 0 Å². The van der Waals surface area contributed by atoms with E-state index in [2.05, 4.69) is 47.7 Å². The van der Waals surface area contributed by atoms with Crippen molar-refractivity contribution < 1.29 is 9.59 Å². The smallest absolute Gasteiger partial charge is 0.223 e. The lowest BCUT2D eigenvalue weighted by Gasteiger charge is -2.49. The summed E-state index contributed by atoms with van der Waals surface area (Å²) in [6, 6.07) is 11.8. The first-order chi connectivity index (χ1) is 17.5. The molecule has 0 spiro atoms. The number of amides is 2. The minimum atomic E-state index is -0.0919. The highest BCUT2D eigenvalue weighted by molar-refractivity contribution is 6.32. The van der Waals surface area contributed by atoms with Crippen LogP contribution in [-0.2, 0) is 9.59 Å². The molecule has 0 bridgehead atoms. The van der Waals surface area contributed by atoms with Gasteiger partial charge in [0.15, 0.2) is 0 Å². The molecule has 0 N–H and O–H groups in total. The number of halogens is 1. The lowest BCUT2D eigenvalue weighted by molar-refractivity contribution is -0.141. The summed E-state index contributed by atoms with van der Waals surface area (Å²) in [7, 11) is 5.94. The van der Waals surface area contributed by atoms with Crippen LogP contribution in [0.25, 0.3) is 0 Å². The minimum Gasteiger partial charge on any atom is -0.343 e. The van der Waals surface area contributed by atoms with Crippen LogP contribution in [0.4, 0.5) is 0 Å². The van der Waals surface area contributed by atoms with Crippen molar-refractivity contribution in [3.05, 3.63) is 58.9 Å². The molecule has 2 radical (unpaired) electrons. The Kier molecular flexibility index (Phi) is 8.65. The third kappa shape index (κ3) is 6.74. The summed E-state index contributed by atoms with van der Waals surface area (Å²) in [5.41, 5.74) is 2.59. The van der Waals surface area contributed by atoms with Crippen molar-refractivity contribution in [2.24, 2.45) is 11.3 Å². The first-order valence-electron chi connectivity index (χ1n) is 13.3. The van der Waals surface area contributed by atoms with Crippen molar-refractivity contribution in [1.82, 2.24) is 19.7 Å². The molecule has 1 aromatic heterocycles. The van der Waals surface area contributed by atoms with Crippen molar-refractivity contribution in [2.45, 2.75) is 59.0 Å². The zero-order valence-corrected chi connectivity index (χ0v) is 23.2. The van der Waals surface area contributed by atoms with Gasteiger partial charge in [0.05, 0.1) is 11.7 Å². The number of pyridine rings is 1. The quantitative estimate of drug-likeness (QED) is 0.563. The summed E-state index contributed by atoms with van der Waals surface area (Å²) < 4.78 is 0. The van der Waals surface area contributed by atoms with E-state index >= 15 is 0 Å². The Morgan fingerprint density at radius 2 is 1.73 bits per heavy atom. The summed E-state index contributed by atoms with van der Waals surface area (Å²) in [4.78, 5) is 36.4. The van der Waals surface area contributed by atoms with Gasteiger partial charge in [-0.3, -0.25) is 19.5 Å². The van der Waals surface area contributed by atoms with E-state index < -0.39 is 0 Å². The number of nitrogens with zero attached hydrogens (tertiary/aromatic N) is 4. The summed E-state index contributed by atoms with van der Waals surface area (Å²) in [6.07, 6.45) is 4.05. The molecule has 6 nitrogen and oxygen atoms in total. The molecule has 196 valence electrons. The Morgan fingerprint density at radius 1 is 1.05 bits per heavy atom. The van der Waals surface area contributed by atoms with E-state index in [4.69, 9.17) is 19.4 Å². The summed E-state index contributed by atoms with van der Waals surface area (Å²) in [5.74, 6) is 0.691. The monoisotopic (exact) mass is 520 g/mol. The number of piperazine rings is 1. The highest BCUT2D eigenvalue weighted by Crippen LogP contribution is 2.35. The van der Waals surface area contributed by atoms with E-state index in [0.717, 1.165) is 50.3 Å². The average molecular weight is 521 g/mol. The van der Waals surface area contributed by atoms with Crippen LogP contribution in [0.2, 0.25) is 5.02 Å². The van der Waals surface area contributed by atoms with Crippen molar-refractivity contribution in [1.29, 1.82) is 0 Å². The molecule has 0 aliphatic carbocycles. The number of hydrogen-bond donors (Lipinski definition) is 0. The normalized spacial score (nSPS) is 20.6. The fourth-order valence-corrected chi connectivity index (χ4v) is 5.81. The third-order valence-corrected chi connectivity index (χ3v) is 8.15. The highest BCUT2D eigenvalue weighted by Gasteiger charge is 2.41. The number of carbonyl (C=O) groups is 2. The van der Waals surface area contributed by atoms with E-state index in [1.54, 1.807) is 13.1 Å². The van der Waals surface area contributed by atoms with Crippen LogP contribution in [0.3, 0.4) is 0 Å². The summed E-state index contributed by atoms with van der Waals surface area (Å²) in [5, 5.41) is 0.699. The second-order valence-electron chi connectivity index (χ2n) is 11.6. The maximum atomic E-state index is 13.6. The SMILES string of the molecule is [B]c1ccc(C(c2ccc(Cl)cc2)N2CCN(C(=O)CC3CCN(C(C)=O)CC3)[C@@H](C(C)(C)C)C2)nc1. The number of benzene rings is 1. The summed E-state index contributed by atoms with van der Waals surface area (Å²) >= 11 is 6.20. The maximum absolute atomic E-state index is 13.6. The fourth-order valence-electron chi connectivity index (χ4n) is 5.69. The van der Waals surface area contributed by atoms with Crippen molar-refractivity contribution in [3.8, 4) is 0 Å². The van der Waals surface area contributed by atoms with Crippen LogP contribution in [0, 0.1) is 11.3 Å². The number of aromatic nitrogens is 1. The van der Waals surface area contributed by atoms with Gasteiger partial charge in [-0.25, -0.2) is 0 Å². The number of rotatable bonds is 5.